The Labute approximate surface area is 144 Å². The monoisotopic (exact) mass is 363 g/mol. The zero-order valence-corrected chi connectivity index (χ0v) is 14.0. The van der Waals surface area contributed by atoms with E-state index in [-0.39, 0.29) is 4.90 Å². The average molecular weight is 364 g/mol. The molecule has 1 atom stereocenters. The molecule has 1 heterocycles. The average Bonchev–Trinajstić information content (AvgIpc) is 2.95. The van der Waals surface area contributed by atoms with Gasteiger partial charge in [0.05, 0.1) is 11.2 Å². The Kier molecular flexibility index (Phi) is 4.47. The second kappa shape index (κ2) is 6.41. The van der Waals surface area contributed by atoms with Crippen molar-refractivity contribution in [3.8, 4) is 0 Å². The highest BCUT2D eigenvalue weighted by molar-refractivity contribution is 7.89. The van der Waals surface area contributed by atoms with Crippen molar-refractivity contribution in [1.82, 2.24) is 0 Å². The predicted octanol–water partition coefficient (Wildman–Crippen LogP) is 2.65. The normalized spacial score (nSPS) is 19.2. The van der Waals surface area contributed by atoms with Crippen LogP contribution in [0.15, 0.2) is 71.3 Å². The third-order valence-electron chi connectivity index (χ3n) is 3.61. The highest BCUT2D eigenvalue weighted by Gasteiger charge is 2.21. The molecule has 0 saturated heterocycles. The molecule has 0 fully saturated rings. The summed E-state index contributed by atoms with van der Waals surface area (Å²) in [6, 6.07) is 13.2. The largest absolute Gasteiger partial charge is 0.468 e. The summed E-state index contributed by atoms with van der Waals surface area (Å²) < 4.78 is 27.9. The topological polar surface area (TPSA) is 89.6 Å². The van der Waals surface area contributed by atoms with Crippen molar-refractivity contribution in [2.45, 2.75) is 11.2 Å². The van der Waals surface area contributed by atoms with Crippen LogP contribution in [0.4, 0.5) is 0 Å². The Morgan fingerprint density at radius 3 is 2.04 bits per heavy atom. The highest BCUT2D eigenvalue weighted by Crippen LogP contribution is 2.33. The van der Waals surface area contributed by atoms with Crippen molar-refractivity contribution in [2.24, 2.45) is 5.14 Å². The molecule has 2 aromatic rings. The minimum Gasteiger partial charge on any atom is -0.468 e. The van der Waals surface area contributed by atoms with Crippen LogP contribution in [0.5, 0.6) is 0 Å². The molecule has 0 bridgehead atoms. The van der Waals surface area contributed by atoms with Gasteiger partial charge in [-0.2, -0.15) is 0 Å². The number of hydrogen-bond donors (Lipinski definition) is 2. The molecule has 7 heteroatoms. The fourth-order valence-electron chi connectivity index (χ4n) is 2.48. The van der Waals surface area contributed by atoms with Gasteiger partial charge in [0.2, 0.25) is 16.3 Å². The van der Waals surface area contributed by atoms with E-state index < -0.39 is 16.3 Å². The molecule has 5 nitrogen and oxygen atoms in total. The molecule has 0 saturated carbocycles. The first-order valence-corrected chi connectivity index (χ1v) is 8.92. The van der Waals surface area contributed by atoms with E-state index >= 15 is 0 Å². The molecule has 3 rings (SSSR count). The van der Waals surface area contributed by atoms with Gasteiger partial charge in [0.1, 0.15) is 0 Å². The molecule has 2 aromatic carbocycles. The highest BCUT2D eigenvalue weighted by atomic mass is 35.5. The van der Waals surface area contributed by atoms with Crippen molar-refractivity contribution < 1.29 is 18.3 Å². The van der Waals surface area contributed by atoms with Crippen LogP contribution in [0.25, 0.3) is 5.57 Å². The number of primary sulfonamides is 1. The van der Waals surface area contributed by atoms with E-state index in [0.29, 0.717) is 21.7 Å². The number of halogens is 1. The maximum absolute atomic E-state index is 11.4. The lowest BCUT2D eigenvalue weighted by molar-refractivity contribution is -0.00598. The summed E-state index contributed by atoms with van der Waals surface area (Å²) in [5, 5.41) is 15.8. The van der Waals surface area contributed by atoms with Gasteiger partial charge in [-0.15, -0.1) is 0 Å². The van der Waals surface area contributed by atoms with Crippen LogP contribution in [0.1, 0.15) is 11.1 Å². The van der Waals surface area contributed by atoms with Gasteiger partial charge >= 0.3 is 0 Å². The van der Waals surface area contributed by atoms with Crippen molar-refractivity contribution in [2.75, 3.05) is 0 Å². The molecule has 0 aliphatic carbocycles. The number of ether oxygens (including phenoxy) is 1. The first kappa shape index (κ1) is 16.7. The third-order valence-corrected chi connectivity index (χ3v) is 4.80. The van der Waals surface area contributed by atoms with Crippen LogP contribution in [0.3, 0.4) is 0 Å². The molecule has 24 heavy (non-hydrogen) atoms. The summed E-state index contributed by atoms with van der Waals surface area (Å²) in [7, 11) is -3.77. The Bertz CT molecular complexity index is 916. The van der Waals surface area contributed by atoms with Gasteiger partial charge in [0.25, 0.3) is 0 Å². The Morgan fingerprint density at radius 2 is 1.58 bits per heavy atom. The Hall–Kier alpha value is -2.12. The summed E-state index contributed by atoms with van der Waals surface area (Å²) in [6.45, 7) is 0. The number of nitrogens with two attached hydrogens (primary N) is 1. The molecule has 0 radical (unpaired) electrons. The van der Waals surface area contributed by atoms with E-state index in [1.54, 1.807) is 30.3 Å². The molecule has 1 aliphatic rings. The number of aliphatic hydroxyl groups excluding tert-OH is 1. The molecule has 1 aliphatic heterocycles. The maximum atomic E-state index is 11.4. The zero-order valence-electron chi connectivity index (χ0n) is 12.4. The van der Waals surface area contributed by atoms with Crippen LogP contribution in [0, 0.1) is 0 Å². The quantitative estimate of drug-likeness (QED) is 0.877. The standard InChI is InChI=1S/C17H14ClNO4S/c18-13-5-1-11(2-6-13)16(15-9-10-23-17(15)20)12-3-7-14(8-4-12)24(19,21)22/h1-10,17,20H,(H2,19,21,22)/b16-15+. The Balaban J connectivity index is 2.16. The molecule has 124 valence electrons. The minimum atomic E-state index is -3.77. The predicted molar refractivity (Wildman–Crippen MR) is 91.5 cm³/mol. The van der Waals surface area contributed by atoms with E-state index in [0.717, 1.165) is 5.56 Å². The molecule has 0 amide bonds. The van der Waals surface area contributed by atoms with E-state index in [1.807, 2.05) is 12.1 Å². The number of hydrogen-bond acceptors (Lipinski definition) is 4. The van der Waals surface area contributed by atoms with Crippen LogP contribution in [-0.2, 0) is 14.8 Å². The first-order chi connectivity index (χ1) is 11.4. The lowest BCUT2D eigenvalue weighted by Gasteiger charge is -2.15. The van der Waals surface area contributed by atoms with E-state index in [4.69, 9.17) is 21.5 Å². The van der Waals surface area contributed by atoms with E-state index in [9.17, 15) is 13.5 Å². The van der Waals surface area contributed by atoms with Gasteiger partial charge in [-0.05, 0) is 47.0 Å². The summed E-state index contributed by atoms with van der Waals surface area (Å²) in [5.74, 6) is 0. The molecule has 0 spiro atoms. The van der Waals surface area contributed by atoms with Crippen LogP contribution < -0.4 is 5.14 Å². The van der Waals surface area contributed by atoms with Gasteiger partial charge in [-0.25, -0.2) is 13.6 Å². The molecule has 1 unspecified atom stereocenters. The zero-order chi connectivity index (χ0) is 17.3. The fraction of sp³-hybridized carbons (Fsp3) is 0.0588. The first-order valence-electron chi connectivity index (χ1n) is 7.00. The van der Waals surface area contributed by atoms with Crippen molar-refractivity contribution in [1.29, 1.82) is 0 Å². The summed E-state index contributed by atoms with van der Waals surface area (Å²) in [5.41, 5.74) is 2.82. The summed E-state index contributed by atoms with van der Waals surface area (Å²) in [6.07, 6.45) is 1.99. The number of rotatable bonds is 3. The SMILES string of the molecule is NS(=O)(=O)c1ccc(/C(=C2\C=COC2O)c2ccc(Cl)cc2)cc1. The number of benzene rings is 2. The van der Waals surface area contributed by atoms with Crippen LogP contribution in [-0.4, -0.2) is 19.8 Å². The van der Waals surface area contributed by atoms with Crippen molar-refractivity contribution in [3.63, 3.8) is 0 Å². The van der Waals surface area contributed by atoms with Gasteiger partial charge in [0.15, 0.2) is 0 Å². The Morgan fingerprint density at radius 1 is 1.04 bits per heavy atom. The van der Waals surface area contributed by atoms with Gasteiger partial charge in [0, 0.05) is 10.6 Å². The van der Waals surface area contributed by atoms with Gasteiger partial charge in [-0.3, -0.25) is 0 Å². The van der Waals surface area contributed by atoms with Gasteiger partial charge < -0.3 is 9.84 Å². The minimum absolute atomic E-state index is 0.0190. The number of sulfonamides is 1. The third kappa shape index (κ3) is 3.37. The molecular formula is C17H14ClNO4S. The second-order valence-electron chi connectivity index (χ2n) is 5.20. The maximum Gasteiger partial charge on any atom is 0.238 e. The van der Waals surface area contributed by atoms with Crippen LogP contribution in [0.2, 0.25) is 5.02 Å². The molecule has 0 aromatic heterocycles. The van der Waals surface area contributed by atoms with Crippen molar-refractivity contribution in [3.05, 3.63) is 82.6 Å². The fourth-order valence-corrected chi connectivity index (χ4v) is 3.12. The molecular weight excluding hydrogens is 350 g/mol. The lowest BCUT2D eigenvalue weighted by Crippen LogP contribution is -2.12. The smallest absolute Gasteiger partial charge is 0.238 e. The summed E-state index contributed by atoms with van der Waals surface area (Å²) in [4.78, 5) is 0.0190. The molecule has 3 N–H and O–H groups in total. The van der Waals surface area contributed by atoms with E-state index in [2.05, 4.69) is 0 Å². The van der Waals surface area contributed by atoms with E-state index in [1.165, 1.54) is 18.4 Å². The van der Waals surface area contributed by atoms with Crippen LogP contribution >= 0.6 is 11.6 Å². The second-order valence-corrected chi connectivity index (χ2v) is 7.20. The van der Waals surface area contributed by atoms with Crippen molar-refractivity contribution >= 4 is 27.2 Å². The summed E-state index contributed by atoms with van der Waals surface area (Å²) >= 11 is 5.94. The lowest BCUT2D eigenvalue weighted by atomic mass is 9.93. The number of aliphatic hydroxyl groups is 1. The van der Waals surface area contributed by atoms with Gasteiger partial charge in [-0.1, -0.05) is 35.9 Å².